The second-order valence-electron chi connectivity index (χ2n) is 5.66. The van der Waals surface area contributed by atoms with Crippen molar-refractivity contribution in [2.75, 3.05) is 10.6 Å². The summed E-state index contributed by atoms with van der Waals surface area (Å²) in [6.45, 7) is 5.86. The Bertz CT molecular complexity index is 802. The first kappa shape index (κ1) is 15.6. The van der Waals surface area contributed by atoms with Crippen molar-refractivity contribution >= 4 is 35.0 Å². The van der Waals surface area contributed by atoms with Crippen molar-refractivity contribution in [3.63, 3.8) is 0 Å². The minimum Gasteiger partial charge on any atom is -0.324 e. The Labute approximate surface area is 139 Å². The summed E-state index contributed by atoms with van der Waals surface area (Å²) < 4.78 is 0. The summed E-state index contributed by atoms with van der Waals surface area (Å²) in [5.41, 5.74) is 4.22. The highest BCUT2D eigenvalue weighted by molar-refractivity contribution is 8.00. The van der Waals surface area contributed by atoms with Gasteiger partial charge in [-0.2, -0.15) is 0 Å². The molecule has 4 nitrogen and oxygen atoms in total. The molecule has 1 atom stereocenters. The summed E-state index contributed by atoms with van der Waals surface area (Å²) in [6.07, 6.45) is 0. The van der Waals surface area contributed by atoms with E-state index in [9.17, 15) is 9.59 Å². The van der Waals surface area contributed by atoms with Crippen LogP contribution in [-0.4, -0.2) is 17.1 Å². The third-order valence-corrected chi connectivity index (χ3v) is 5.20. The molecule has 2 aromatic rings. The summed E-state index contributed by atoms with van der Waals surface area (Å²) in [5, 5.41) is 5.67. The Hall–Kier alpha value is -2.27. The van der Waals surface area contributed by atoms with Gasteiger partial charge in [-0.25, -0.2) is 0 Å². The van der Waals surface area contributed by atoms with Crippen LogP contribution < -0.4 is 10.6 Å². The van der Waals surface area contributed by atoms with Crippen LogP contribution >= 0.6 is 11.8 Å². The largest absolute Gasteiger partial charge is 0.324 e. The maximum absolute atomic E-state index is 12.5. The molecule has 1 unspecified atom stereocenters. The lowest BCUT2D eigenvalue weighted by Crippen LogP contribution is -2.26. The monoisotopic (exact) mass is 326 g/mol. The Morgan fingerprint density at radius 2 is 2.00 bits per heavy atom. The molecule has 0 saturated heterocycles. The highest BCUT2D eigenvalue weighted by Crippen LogP contribution is 2.36. The fraction of sp³-hybridized carbons (Fsp3) is 0.222. The number of benzene rings is 2. The van der Waals surface area contributed by atoms with Crippen LogP contribution in [0, 0.1) is 13.8 Å². The van der Waals surface area contributed by atoms with Gasteiger partial charge < -0.3 is 10.6 Å². The van der Waals surface area contributed by atoms with Crippen molar-refractivity contribution < 1.29 is 9.59 Å². The lowest BCUT2D eigenvalue weighted by Gasteiger charge is -2.21. The molecule has 0 spiro atoms. The van der Waals surface area contributed by atoms with Gasteiger partial charge in [-0.15, -0.1) is 11.8 Å². The number of amides is 2. The highest BCUT2D eigenvalue weighted by atomic mass is 32.2. The van der Waals surface area contributed by atoms with E-state index in [1.165, 1.54) is 11.8 Å². The van der Waals surface area contributed by atoms with E-state index in [-0.39, 0.29) is 17.1 Å². The van der Waals surface area contributed by atoms with Gasteiger partial charge in [0, 0.05) is 16.1 Å². The predicted octanol–water partition coefficient (Wildman–Crippen LogP) is 3.99. The highest BCUT2D eigenvalue weighted by Gasteiger charge is 2.23. The fourth-order valence-electron chi connectivity index (χ4n) is 2.43. The molecular weight excluding hydrogens is 308 g/mol. The molecule has 23 heavy (non-hydrogen) atoms. The third kappa shape index (κ3) is 3.10. The van der Waals surface area contributed by atoms with E-state index in [0.29, 0.717) is 11.3 Å². The first-order chi connectivity index (χ1) is 11.0. The molecule has 0 fully saturated rings. The smallest absolute Gasteiger partial charge is 0.255 e. The second-order valence-corrected chi connectivity index (χ2v) is 7.04. The van der Waals surface area contributed by atoms with Crippen molar-refractivity contribution in [1.29, 1.82) is 0 Å². The maximum Gasteiger partial charge on any atom is 0.255 e. The zero-order valence-electron chi connectivity index (χ0n) is 13.3. The van der Waals surface area contributed by atoms with Crippen molar-refractivity contribution in [2.45, 2.75) is 30.9 Å². The van der Waals surface area contributed by atoms with Gasteiger partial charge in [0.05, 0.1) is 10.9 Å². The Morgan fingerprint density at radius 3 is 2.78 bits per heavy atom. The van der Waals surface area contributed by atoms with Crippen LogP contribution in [-0.2, 0) is 4.79 Å². The number of hydrogen-bond donors (Lipinski definition) is 2. The van der Waals surface area contributed by atoms with Crippen molar-refractivity contribution in [3.05, 3.63) is 53.1 Å². The number of rotatable bonds is 2. The summed E-state index contributed by atoms with van der Waals surface area (Å²) >= 11 is 1.51. The van der Waals surface area contributed by atoms with E-state index >= 15 is 0 Å². The average molecular weight is 326 g/mol. The molecule has 0 radical (unpaired) electrons. The molecule has 1 heterocycles. The molecule has 1 aliphatic rings. The molecule has 0 aliphatic carbocycles. The van der Waals surface area contributed by atoms with Gasteiger partial charge in [0.25, 0.3) is 5.91 Å². The molecule has 0 bridgehead atoms. The molecule has 2 N–H and O–H groups in total. The molecule has 0 saturated carbocycles. The number of nitrogens with one attached hydrogen (secondary N) is 2. The number of carbonyl (C=O) groups excluding carboxylic acids is 2. The number of aryl methyl sites for hydroxylation is 1. The Kier molecular flexibility index (Phi) is 4.13. The van der Waals surface area contributed by atoms with E-state index in [1.807, 2.05) is 45.0 Å². The number of fused-ring (bicyclic) bond motifs is 1. The quantitative estimate of drug-likeness (QED) is 0.877. The molecule has 118 valence electrons. The van der Waals surface area contributed by atoms with Crippen LogP contribution in [0.1, 0.15) is 28.4 Å². The van der Waals surface area contributed by atoms with Crippen molar-refractivity contribution in [3.8, 4) is 0 Å². The third-order valence-electron chi connectivity index (χ3n) is 4.03. The lowest BCUT2D eigenvalue weighted by atomic mass is 10.1. The van der Waals surface area contributed by atoms with Gasteiger partial charge >= 0.3 is 0 Å². The molecule has 1 aliphatic heterocycles. The topological polar surface area (TPSA) is 58.2 Å². The van der Waals surface area contributed by atoms with Crippen LogP contribution in [0.4, 0.5) is 11.4 Å². The van der Waals surface area contributed by atoms with Crippen LogP contribution in [0.5, 0.6) is 0 Å². The molecule has 5 heteroatoms. The van der Waals surface area contributed by atoms with E-state index in [2.05, 4.69) is 10.6 Å². The number of carbonyl (C=O) groups is 2. The Morgan fingerprint density at radius 1 is 1.22 bits per heavy atom. The van der Waals surface area contributed by atoms with Crippen LogP contribution in [0.2, 0.25) is 0 Å². The van der Waals surface area contributed by atoms with E-state index < -0.39 is 0 Å². The summed E-state index contributed by atoms with van der Waals surface area (Å²) in [5.74, 6) is -0.214. The second kappa shape index (κ2) is 6.08. The van der Waals surface area contributed by atoms with Gasteiger partial charge in [-0.3, -0.25) is 9.59 Å². The van der Waals surface area contributed by atoms with Gasteiger partial charge in [-0.05, 0) is 56.2 Å². The van der Waals surface area contributed by atoms with Gasteiger partial charge in [0.2, 0.25) is 5.91 Å². The summed E-state index contributed by atoms with van der Waals surface area (Å²) in [4.78, 5) is 25.2. The maximum atomic E-state index is 12.5. The standard InChI is InChI=1S/C18H18N2O2S/c1-10-5-4-6-14(11(10)2)19-18(22)13-7-8-16-15(9-13)20-17(21)12(3)23-16/h4-9,12H,1-3H3,(H,19,22)(H,20,21). The summed E-state index contributed by atoms with van der Waals surface area (Å²) in [7, 11) is 0. The average Bonchev–Trinajstić information content (AvgIpc) is 2.52. The van der Waals surface area contributed by atoms with Gasteiger partial charge in [-0.1, -0.05) is 12.1 Å². The molecule has 3 rings (SSSR count). The van der Waals surface area contributed by atoms with Gasteiger partial charge in [0.15, 0.2) is 0 Å². The van der Waals surface area contributed by atoms with Gasteiger partial charge in [0.1, 0.15) is 0 Å². The first-order valence-corrected chi connectivity index (χ1v) is 8.33. The molecule has 2 aromatic carbocycles. The van der Waals surface area contributed by atoms with E-state index in [1.54, 1.807) is 12.1 Å². The van der Waals surface area contributed by atoms with Crippen LogP contribution in [0.25, 0.3) is 0 Å². The normalized spacial score (nSPS) is 16.5. The number of anilines is 2. The number of thioether (sulfide) groups is 1. The molecule has 0 aromatic heterocycles. The molecular formula is C18H18N2O2S. The minimum absolute atomic E-state index is 0.0328. The number of hydrogen-bond acceptors (Lipinski definition) is 3. The SMILES string of the molecule is Cc1cccc(NC(=O)c2ccc3c(c2)NC(=O)C(C)S3)c1C. The van der Waals surface area contributed by atoms with Crippen LogP contribution in [0.15, 0.2) is 41.3 Å². The summed E-state index contributed by atoms with van der Waals surface area (Å²) in [6, 6.07) is 11.2. The van der Waals surface area contributed by atoms with E-state index in [0.717, 1.165) is 21.7 Å². The first-order valence-electron chi connectivity index (χ1n) is 7.45. The van der Waals surface area contributed by atoms with Crippen molar-refractivity contribution in [2.24, 2.45) is 0 Å². The minimum atomic E-state index is -0.181. The zero-order chi connectivity index (χ0) is 16.6. The predicted molar refractivity (Wildman–Crippen MR) is 94.3 cm³/mol. The molecule has 2 amide bonds. The van der Waals surface area contributed by atoms with Crippen molar-refractivity contribution in [1.82, 2.24) is 0 Å². The van der Waals surface area contributed by atoms with Crippen LogP contribution in [0.3, 0.4) is 0 Å². The zero-order valence-corrected chi connectivity index (χ0v) is 14.1. The lowest BCUT2D eigenvalue weighted by molar-refractivity contribution is -0.115. The fourth-order valence-corrected chi connectivity index (χ4v) is 3.36. The Balaban J connectivity index is 1.85. The van der Waals surface area contributed by atoms with E-state index in [4.69, 9.17) is 0 Å².